The fraction of sp³-hybridized carbons (Fsp3) is 0.257. The summed E-state index contributed by atoms with van der Waals surface area (Å²) in [4.78, 5) is 44.1. The number of benzene rings is 3. The van der Waals surface area contributed by atoms with Crippen LogP contribution in [0.5, 0.6) is 0 Å². The maximum atomic E-state index is 13.2. The number of sulfonamides is 1. The molecule has 3 N–H and O–H groups in total. The third-order valence-electron chi connectivity index (χ3n) is 7.82. The molecule has 6 rings (SSSR count). The lowest BCUT2D eigenvalue weighted by Gasteiger charge is -2.35. The van der Waals surface area contributed by atoms with Gasteiger partial charge in [-0.1, -0.05) is 44.2 Å². The first kappa shape index (κ1) is 34.1. The minimum absolute atomic E-state index is 0.0628. The topological polar surface area (TPSA) is 146 Å². The molecule has 1 unspecified atom stereocenters. The van der Waals surface area contributed by atoms with Gasteiger partial charge >= 0.3 is 0 Å². The molecule has 48 heavy (non-hydrogen) atoms. The molecule has 13 heteroatoms. The Kier molecular flexibility index (Phi) is 10.7. The first-order valence-corrected chi connectivity index (χ1v) is 17.3. The Hall–Kier alpha value is -5.27. The van der Waals surface area contributed by atoms with Gasteiger partial charge in [-0.3, -0.25) is 14.3 Å². The molecular formula is C35H39N7O5S. The molecule has 250 valence electrons. The molecule has 2 aliphatic heterocycles. The Morgan fingerprint density at radius 3 is 2.04 bits per heavy atom. The number of nitrogens with zero attached hydrogens (tertiary/aromatic N) is 4. The molecule has 3 aromatic carbocycles. The molecule has 1 fully saturated rings. The molecule has 12 nitrogen and oxygen atoms in total. The molecule has 2 amide bonds. The molecule has 0 bridgehead atoms. The zero-order chi connectivity index (χ0) is 34.3. The number of allylic oxidation sites excluding steroid dienone is 1. The van der Waals surface area contributed by atoms with Crippen molar-refractivity contribution in [2.75, 3.05) is 36.2 Å². The Morgan fingerprint density at radius 1 is 0.833 bits per heavy atom. The summed E-state index contributed by atoms with van der Waals surface area (Å²) in [7, 11) is -3.69. The molecule has 2 aliphatic rings. The average molecular weight is 670 g/mol. The van der Waals surface area contributed by atoms with Crippen molar-refractivity contribution in [1.29, 1.82) is 0 Å². The van der Waals surface area contributed by atoms with Crippen LogP contribution >= 0.6 is 0 Å². The van der Waals surface area contributed by atoms with Gasteiger partial charge in [0.1, 0.15) is 5.76 Å². The van der Waals surface area contributed by atoms with Crippen molar-refractivity contribution in [2.24, 2.45) is 0 Å². The van der Waals surface area contributed by atoms with E-state index in [0.29, 0.717) is 66.1 Å². The number of hydrogen-bond acceptors (Lipinski definition) is 9. The number of aromatic nitrogens is 2. The summed E-state index contributed by atoms with van der Waals surface area (Å²) in [6.45, 7) is 9.45. The van der Waals surface area contributed by atoms with E-state index in [0.717, 1.165) is 5.56 Å². The van der Waals surface area contributed by atoms with Gasteiger partial charge in [0, 0.05) is 54.9 Å². The van der Waals surface area contributed by atoms with Crippen LogP contribution in [0.2, 0.25) is 0 Å². The summed E-state index contributed by atoms with van der Waals surface area (Å²) in [5.41, 5.74) is 6.56. The minimum Gasteiger partial charge on any atom is -0.412 e. The van der Waals surface area contributed by atoms with Crippen molar-refractivity contribution in [3.05, 3.63) is 108 Å². The van der Waals surface area contributed by atoms with Gasteiger partial charge < -0.3 is 20.0 Å². The predicted molar refractivity (Wildman–Crippen MR) is 185 cm³/mol. The molecule has 0 spiro atoms. The van der Waals surface area contributed by atoms with Crippen LogP contribution in [-0.2, 0) is 19.7 Å². The zero-order valence-corrected chi connectivity index (χ0v) is 28.1. The Morgan fingerprint density at radius 2 is 1.44 bits per heavy atom. The van der Waals surface area contributed by atoms with Crippen LogP contribution in [0, 0.1) is 0 Å². The van der Waals surface area contributed by atoms with Crippen LogP contribution in [-0.4, -0.2) is 72.2 Å². The van der Waals surface area contributed by atoms with Crippen LogP contribution in [0.4, 0.5) is 17.3 Å². The molecule has 4 aromatic rings. The number of nitrogens with one attached hydrogen (secondary N) is 3. The number of piperazine rings is 1. The van der Waals surface area contributed by atoms with Gasteiger partial charge in [-0.2, -0.15) is 0 Å². The summed E-state index contributed by atoms with van der Waals surface area (Å²) in [5.74, 6) is 0.796. The number of anilines is 3. The van der Waals surface area contributed by atoms with E-state index in [4.69, 9.17) is 4.84 Å². The van der Waals surface area contributed by atoms with Crippen LogP contribution < -0.4 is 15.5 Å². The smallest absolute Gasteiger partial charge is 0.261 e. The standard InChI is InChI=1S/C33H33N7O5S.C2H6/c1-22-30(23(2)45-37-22)32(42)40-20-18-39(19-21-40)31(41)25-10-12-26(13-11-25)35-33-34-17-16-29(36-33)24-8-14-27(15-9-24)38-46(43,44)28-6-4-3-5-7-28;1-2/h3-17,22,37-38H,18-21H2,1-2H3,(H,34,35,36);1-2H3. The van der Waals surface area contributed by atoms with Crippen LogP contribution in [0.25, 0.3) is 11.3 Å². The molecule has 1 atom stereocenters. The monoisotopic (exact) mass is 669 g/mol. The summed E-state index contributed by atoms with van der Waals surface area (Å²) < 4.78 is 27.8. The Balaban J connectivity index is 0.00000221. The second-order valence-electron chi connectivity index (χ2n) is 11.0. The van der Waals surface area contributed by atoms with E-state index in [-0.39, 0.29) is 22.8 Å². The van der Waals surface area contributed by atoms with E-state index >= 15 is 0 Å². The van der Waals surface area contributed by atoms with Crippen molar-refractivity contribution >= 4 is 39.2 Å². The molecule has 1 saturated heterocycles. The largest absolute Gasteiger partial charge is 0.412 e. The lowest BCUT2D eigenvalue weighted by molar-refractivity contribution is -0.128. The Bertz CT molecular complexity index is 1870. The maximum absolute atomic E-state index is 13.2. The highest BCUT2D eigenvalue weighted by atomic mass is 32.2. The van der Waals surface area contributed by atoms with Gasteiger partial charge in [-0.05, 0) is 68.4 Å². The summed E-state index contributed by atoms with van der Waals surface area (Å²) in [6.07, 6.45) is 1.63. The fourth-order valence-electron chi connectivity index (χ4n) is 5.32. The van der Waals surface area contributed by atoms with Gasteiger partial charge in [-0.15, -0.1) is 5.48 Å². The number of hydroxylamine groups is 1. The van der Waals surface area contributed by atoms with Crippen molar-refractivity contribution in [2.45, 2.75) is 38.6 Å². The number of carbonyl (C=O) groups is 2. The minimum atomic E-state index is -3.69. The normalized spacial score (nSPS) is 16.0. The molecule has 0 radical (unpaired) electrons. The highest BCUT2D eigenvalue weighted by Crippen LogP contribution is 2.24. The highest BCUT2D eigenvalue weighted by Gasteiger charge is 2.33. The molecular weight excluding hydrogens is 630 g/mol. The quantitative estimate of drug-likeness (QED) is 0.231. The third kappa shape index (κ3) is 7.81. The van der Waals surface area contributed by atoms with Gasteiger partial charge in [0.2, 0.25) is 5.95 Å². The van der Waals surface area contributed by atoms with E-state index < -0.39 is 10.0 Å². The average Bonchev–Trinajstić information content (AvgIpc) is 3.46. The lowest BCUT2D eigenvalue weighted by atomic mass is 10.1. The number of hydrogen-bond donors (Lipinski definition) is 3. The van der Waals surface area contributed by atoms with E-state index in [2.05, 4.69) is 25.5 Å². The maximum Gasteiger partial charge on any atom is 0.261 e. The van der Waals surface area contributed by atoms with E-state index in [1.54, 1.807) is 95.7 Å². The second-order valence-corrected chi connectivity index (χ2v) is 12.6. The van der Waals surface area contributed by atoms with Gasteiger partial charge in [-0.25, -0.2) is 18.4 Å². The number of carbonyl (C=O) groups excluding carboxylic acids is 2. The molecule has 3 heterocycles. The summed E-state index contributed by atoms with van der Waals surface area (Å²) >= 11 is 0. The van der Waals surface area contributed by atoms with Crippen molar-refractivity contribution in [1.82, 2.24) is 25.2 Å². The van der Waals surface area contributed by atoms with E-state index in [1.807, 2.05) is 20.8 Å². The van der Waals surface area contributed by atoms with Crippen molar-refractivity contribution in [3.63, 3.8) is 0 Å². The molecule has 0 aliphatic carbocycles. The first-order chi connectivity index (χ1) is 23.2. The molecule has 1 aromatic heterocycles. The fourth-order valence-corrected chi connectivity index (χ4v) is 6.40. The van der Waals surface area contributed by atoms with Gasteiger partial charge in [0.25, 0.3) is 21.8 Å². The number of amides is 2. The SMILES string of the molecule is CC.CC1=C(C(=O)N2CCN(C(=O)c3ccc(Nc4nccc(-c5ccc(NS(=O)(=O)c6ccccc6)cc5)n4)cc3)CC2)C(C)NO1. The van der Waals surface area contributed by atoms with Gasteiger partial charge in [0.15, 0.2) is 0 Å². The van der Waals surface area contributed by atoms with E-state index in [1.165, 1.54) is 12.1 Å². The van der Waals surface area contributed by atoms with Gasteiger partial charge in [0.05, 0.1) is 22.2 Å². The van der Waals surface area contributed by atoms with Crippen molar-refractivity contribution in [3.8, 4) is 11.3 Å². The van der Waals surface area contributed by atoms with Crippen LogP contribution in [0.15, 0.2) is 107 Å². The Labute approximate surface area is 280 Å². The summed E-state index contributed by atoms with van der Waals surface area (Å²) in [6, 6.07) is 23.8. The lowest BCUT2D eigenvalue weighted by Crippen LogP contribution is -2.51. The molecule has 0 saturated carbocycles. The second kappa shape index (κ2) is 15.1. The highest BCUT2D eigenvalue weighted by molar-refractivity contribution is 7.92. The summed E-state index contributed by atoms with van der Waals surface area (Å²) in [5, 5.41) is 3.17. The van der Waals surface area contributed by atoms with Crippen LogP contribution in [0.3, 0.4) is 0 Å². The van der Waals surface area contributed by atoms with E-state index in [9.17, 15) is 18.0 Å². The number of rotatable bonds is 8. The third-order valence-corrected chi connectivity index (χ3v) is 9.21. The van der Waals surface area contributed by atoms with Crippen LogP contribution in [0.1, 0.15) is 38.1 Å². The first-order valence-electron chi connectivity index (χ1n) is 15.8. The zero-order valence-electron chi connectivity index (χ0n) is 27.3. The van der Waals surface area contributed by atoms with Crippen molar-refractivity contribution < 1.29 is 22.8 Å². The predicted octanol–water partition coefficient (Wildman–Crippen LogP) is 5.20.